The molecule has 1 aliphatic heterocycles. The fraction of sp³-hybridized carbons (Fsp3) is 0.435. The first-order valence-electron chi connectivity index (χ1n) is 9.97. The van der Waals surface area contributed by atoms with Crippen molar-refractivity contribution in [3.05, 3.63) is 64.7 Å². The van der Waals surface area contributed by atoms with Gasteiger partial charge in [0.05, 0.1) is 11.8 Å². The number of amides is 1. The van der Waals surface area contributed by atoms with Crippen molar-refractivity contribution in [1.29, 1.82) is 0 Å². The van der Waals surface area contributed by atoms with Gasteiger partial charge in [-0.05, 0) is 61.1 Å². The number of hydrogen-bond acceptors (Lipinski definition) is 3. The molecule has 2 aromatic rings. The van der Waals surface area contributed by atoms with E-state index in [1.807, 2.05) is 31.2 Å². The Labute approximate surface area is 177 Å². The maximum Gasteiger partial charge on any atom is 0.230 e. The Balaban J connectivity index is 1.45. The summed E-state index contributed by atoms with van der Waals surface area (Å²) in [4.78, 5) is 14.7. The smallest absolute Gasteiger partial charge is 0.230 e. The predicted octanol–water partition coefficient (Wildman–Crippen LogP) is 5.69. The molecule has 0 radical (unpaired) electrons. The van der Waals surface area contributed by atoms with Crippen molar-refractivity contribution in [3.8, 4) is 0 Å². The Morgan fingerprint density at radius 3 is 2.79 bits per heavy atom. The summed E-state index contributed by atoms with van der Waals surface area (Å²) >= 11 is 7.60. The minimum Gasteiger partial charge on any atom is -0.371 e. The predicted molar refractivity (Wildman–Crippen MR) is 121 cm³/mol. The first kappa shape index (κ1) is 21.1. The van der Waals surface area contributed by atoms with Crippen molar-refractivity contribution in [1.82, 2.24) is 5.32 Å². The molecule has 0 aromatic heterocycles. The molecule has 1 amide bonds. The minimum atomic E-state index is 0.00796. The number of halogens is 1. The summed E-state index contributed by atoms with van der Waals surface area (Å²) in [7, 11) is 0. The molecule has 5 heteroatoms. The van der Waals surface area contributed by atoms with Crippen LogP contribution in [0.2, 0.25) is 5.02 Å². The van der Waals surface area contributed by atoms with E-state index in [4.69, 9.17) is 11.6 Å². The largest absolute Gasteiger partial charge is 0.371 e. The normalized spacial score (nSPS) is 18.0. The van der Waals surface area contributed by atoms with Gasteiger partial charge in [-0.1, -0.05) is 42.8 Å². The molecule has 28 heavy (non-hydrogen) atoms. The third kappa shape index (κ3) is 6.18. The van der Waals surface area contributed by atoms with Crippen molar-refractivity contribution >= 4 is 35.0 Å². The molecule has 3 rings (SSSR count). The van der Waals surface area contributed by atoms with E-state index in [9.17, 15) is 4.79 Å². The van der Waals surface area contributed by atoms with Crippen molar-refractivity contribution in [2.45, 2.75) is 38.5 Å². The van der Waals surface area contributed by atoms with Gasteiger partial charge < -0.3 is 10.2 Å². The van der Waals surface area contributed by atoms with E-state index in [1.54, 1.807) is 11.8 Å². The lowest BCUT2D eigenvalue weighted by atomic mass is 9.99. The highest BCUT2D eigenvalue weighted by molar-refractivity contribution is 7.99. The van der Waals surface area contributed by atoms with Gasteiger partial charge in [0.1, 0.15) is 0 Å². The number of piperidine rings is 1. The molecule has 1 aliphatic rings. The Kier molecular flexibility index (Phi) is 7.69. The van der Waals surface area contributed by atoms with Gasteiger partial charge in [-0.15, -0.1) is 11.8 Å². The maximum absolute atomic E-state index is 12.3. The average molecular weight is 417 g/mol. The van der Waals surface area contributed by atoms with Gasteiger partial charge in [0.15, 0.2) is 0 Å². The zero-order valence-corrected chi connectivity index (χ0v) is 18.2. The lowest BCUT2D eigenvalue weighted by molar-refractivity contribution is -0.119. The lowest BCUT2D eigenvalue weighted by Crippen LogP contribution is -2.34. The van der Waals surface area contributed by atoms with Gasteiger partial charge in [-0.3, -0.25) is 4.79 Å². The highest BCUT2D eigenvalue weighted by Gasteiger charge is 2.17. The molecule has 150 valence electrons. The minimum absolute atomic E-state index is 0.00796. The summed E-state index contributed by atoms with van der Waals surface area (Å²) in [6, 6.07) is 16.4. The molecule has 2 aromatic carbocycles. The molecule has 0 bridgehead atoms. The Hall–Kier alpha value is -1.65. The van der Waals surface area contributed by atoms with E-state index >= 15 is 0 Å². The monoisotopic (exact) mass is 416 g/mol. The second-order valence-electron chi connectivity index (χ2n) is 7.70. The number of rotatable bonds is 7. The number of benzene rings is 2. The third-order valence-corrected chi connectivity index (χ3v) is 6.42. The van der Waals surface area contributed by atoms with Gasteiger partial charge in [0, 0.05) is 29.6 Å². The SMILES string of the molecule is C[C@H]1CCCN(c2ccc([C@@H](C)NC(=O)CSCc3cccc(Cl)c3)cc2)C1. The zero-order chi connectivity index (χ0) is 19.9. The van der Waals surface area contributed by atoms with Crippen molar-refractivity contribution < 1.29 is 4.79 Å². The Morgan fingerprint density at radius 2 is 2.07 bits per heavy atom. The second kappa shape index (κ2) is 10.2. The van der Waals surface area contributed by atoms with E-state index in [0.29, 0.717) is 5.75 Å². The number of nitrogens with zero attached hydrogens (tertiary/aromatic N) is 1. The Bertz CT molecular complexity index is 780. The summed E-state index contributed by atoms with van der Waals surface area (Å²) in [6.45, 7) is 6.63. The van der Waals surface area contributed by atoms with Gasteiger partial charge >= 0.3 is 0 Å². The fourth-order valence-corrected chi connectivity index (χ4v) is 4.65. The van der Waals surface area contributed by atoms with Gasteiger partial charge in [-0.2, -0.15) is 0 Å². The molecule has 0 aliphatic carbocycles. The molecule has 3 nitrogen and oxygen atoms in total. The summed E-state index contributed by atoms with van der Waals surface area (Å²) < 4.78 is 0. The van der Waals surface area contributed by atoms with Crippen molar-refractivity contribution in [2.24, 2.45) is 5.92 Å². The van der Waals surface area contributed by atoms with Crippen LogP contribution in [0.1, 0.15) is 43.9 Å². The van der Waals surface area contributed by atoms with E-state index < -0.39 is 0 Å². The maximum atomic E-state index is 12.3. The van der Waals surface area contributed by atoms with Crippen LogP contribution in [-0.4, -0.2) is 24.7 Å². The number of nitrogens with one attached hydrogen (secondary N) is 1. The van der Waals surface area contributed by atoms with Crippen LogP contribution in [-0.2, 0) is 10.5 Å². The van der Waals surface area contributed by atoms with Crippen LogP contribution < -0.4 is 10.2 Å². The Morgan fingerprint density at radius 1 is 1.29 bits per heavy atom. The fourth-order valence-electron chi connectivity index (χ4n) is 3.65. The van der Waals surface area contributed by atoms with Gasteiger partial charge in [0.25, 0.3) is 0 Å². The molecule has 1 heterocycles. The molecule has 1 N–H and O–H groups in total. The van der Waals surface area contributed by atoms with E-state index in [2.05, 4.69) is 41.4 Å². The molecule has 0 unspecified atom stereocenters. The summed E-state index contributed by atoms with van der Waals surface area (Å²) in [5.41, 5.74) is 3.56. The average Bonchev–Trinajstić information content (AvgIpc) is 2.68. The molecular weight excluding hydrogens is 388 g/mol. The molecule has 0 saturated carbocycles. The van der Waals surface area contributed by atoms with Crippen LogP contribution in [0.4, 0.5) is 5.69 Å². The topological polar surface area (TPSA) is 32.3 Å². The number of hydrogen-bond donors (Lipinski definition) is 1. The van der Waals surface area contributed by atoms with Crippen LogP contribution in [0.15, 0.2) is 48.5 Å². The third-order valence-electron chi connectivity index (χ3n) is 5.18. The standard InChI is InChI=1S/C23H29ClN2OS/c1-17-5-4-12-26(14-17)22-10-8-20(9-11-22)18(2)25-23(27)16-28-15-19-6-3-7-21(24)13-19/h3,6-11,13,17-18H,4-5,12,14-16H2,1-2H3,(H,25,27)/t17-,18+/m0/s1. The van der Waals surface area contributed by atoms with E-state index in [0.717, 1.165) is 40.9 Å². The van der Waals surface area contributed by atoms with Gasteiger partial charge in [0.2, 0.25) is 5.91 Å². The molecular formula is C23H29ClN2OS. The summed E-state index contributed by atoms with van der Waals surface area (Å²) in [6.07, 6.45) is 2.59. The van der Waals surface area contributed by atoms with Gasteiger partial charge in [-0.25, -0.2) is 0 Å². The second-order valence-corrected chi connectivity index (χ2v) is 9.12. The van der Waals surface area contributed by atoms with Crippen LogP contribution in [0, 0.1) is 5.92 Å². The number of carbonyl (C=O) groups excluding carboxylic acids is 1. The molecule has 1 fully saturated rings. The van der Waals surface area contributed by atoms with Crippen LogP contribution in [0.25, 0.3) is 0 Å². The number of anilines is 1. The van der Waals surface area contributed by atoms with Crippen molar-refractivity contribution in [2.75, 3.05) is 23.7 Å². The highest BCUT2D eigenvalue weighted by atomic mass is 35.5. The lowest BCUT2D eigenvalue weighted by Gasteiger charge is -2.33. The van der Waals surface area contributed by atoms with Crippen LogP contribution >= 0.6 is 23.4 Å². The van der Waals surface area contributed by atoms with E-state index in [1.165, 1.54) is 18.5 Å². The first-order chi connectivity index (χ1) is 13.5. The summed E-state index contributed by atoms with van der Waals surface area (Å²) in [5.74, 6) is 2.05. The quantitative estimate of drug-likeness (QED) is 0.629. The highest BCUT2D eigenvalue weighted by Crippen LogP contribution is 2.25. The number of thioether (sulfide) groups is 1. The van der Waals surface area contributed by atoms with Crippen molar-refractivity contribution in [3.63, 3.8) is 0 Å². The molecule has 0 spiro atoms. The molecule has 1 saturated heterocycles. The van der Waals surface area contributed by atoms with Crippen LogP contribution in [0.5, 0.6) is 0 Å². The molecule has 2 atom stereocenters. The van der Waals surface area contributed by atoms with E-state index in [-0.39, 0.29) is 11.9 Å². The number of carbonyl (C=O) groups is 1. The zero-order valence-electron chi connectivity index (χ0n) is 16.7. The summed E-state index contributed by atoms with van der Waals surface area (Å²) in [5, 5.41) is 3.84. The van der Waals surface area contributed by atoms with Crippen LogP contribution in [0.3, 0.4) is 0 Å². The first-order valence-corrected chi connectivity index (χ1v) is 11.5.